The molecule has 1 aliphatic carbocycles. The van der Waals surface area contributed by atoms with Crippen LogP contribution in [0.3, 0.4) is 0 Å². The quantitative estimate of drug-likeness (QED) is 0.848. The van der Waals surface area contributed by atoms with Crippen LogP contribution in [0.2, 0.25) is 0 Å². The van der Waals surface area contributed by atoms with E-state index in [9.17, 15) is 9.59 Å². The Hall–Kier alpha value is -1.84. The third-order valence-corrected chi connectivity index (χ3v) is 4.61. The molecule has 2 amide bonds. The van der Waals surface area contributed by atoms with Gasteiger partial charge in [0.05, 0.1) is 0 Å². The van der Waals surface area contributed by atoms with Crippen LogP contribution in [0.5, 0.6) is 0 Å². The molecule has 2 rings (SSSR count). The number of amides is 2. The lowest BCUT2D eigenvalue weighted by Crippen LogP contribution is -2.37. The van der Waals surface area contributed by atoms with E-state index in [1.807, 2.05) is 12.1 Å². The van der Waals surface area contributed by atoms with E-state index < -0.39 is 0 Å². The van der Waals surface area contributed by atoms with Gasteiger partial charge in [-0.05, 0) is 44.6 Å². The van der Waals surface area contributed by atoms with E-state index in [4.69, 9.17) is 0 Å². The zero-order valence-electron chi connectivity index (χ0n) is 14.2. The Labute approximate surface area is 139 Å². The molecule has 1 aromatic carbocycles. The molecule has 0 heterocycles. The molecule has 4 heteroatoms. The van der Waals surface area contributed by atoms with Gasteiger partial charge in [-0.1, -0.05) is 36.8 Å². The first-order valence-corrected chi connectivity index (χ1v) is 8.71. The Balaban J connectivity index is 1.73. The number of aryl methyl sites for hydroxylation is 1. The average molecular weight is 316 g/mol. The van der Waals surface area contributed by atoms with Crippen molar-refractivity contribution in [3.63, 3.8) is 0 Å². The molecule has 0 aromatic heterocycles. The molecule has 0 radical (unpaired) electrons. The van der Waals surface area contributed by atoms with Crippen molar-refractivity contribution < 1.29 is 9.59 Å². The molecular weight excluding hydrogens is 288 g/mol. The molecule has 23 heavy (non-hydrogen) atoms. The van der Waals surface area contributed by atoms with Gasteiger partial charge in [0.25, 0.3) is 0 Å². The summed E-state index contributed by atoms with van der Waals surface area (Å²) < 4.78 is 0. The molecule has 1 aliphatic rings. The molecule has 4 nitrogen and oxygen atoms in total. The highest BCUT2D eigenvalue weighted by atomic mass is 16.2. The number of hydrogen-bond acceptors (Lipinski definition) is 2. The summed E-state index contributed by atoms with van der Waals surface area (Å²) in [4.78, 5) is 24.2. The Morgan fingerprint density at radius 3 is 2.00 bits per heavy atom. The number of nitrogens with one attached hydrogen (secondary N) is 2. The van der Waals surface area contributed by atoms with Crippen molar-refractivity contribution in [3.8, 4) is 0 Å². The average Bonchev–Trinajstić information content (AvgIpc) is 2.59. The molecule has 2 N–H and O–H groups in total. The van der Waals surface area contributed by atoms with Crippen LogP contribution in [0.4, 0.5) is 0 Å². The summed E-state index contributed by atoms with van der Waals surface area (Å²) in [5.74, 6) is 0.418. The minimum Gasteiger partial charge on any atom is -0.356 e. The summed E-state index contributed by atoms with van der Waals surface area (Å²) in [5.41, 5.74) is 2.34. The first-order valence-electron chi connectivity index (χ1n) is 8.71. The summed E-state index contributed by atoms with van der Waals surface area (Å²) in [5, 5.41) is 5.98. The third-order valence-electron chi connectivity index (χ3n) is 4.61. The number of carbonyl (C=O) groups is 2. The van der Waals surface area contributed by atoms with Gasteiger partial charge in [0.2, 0.25) is 11.8 Å². The Bertz CT molecular complexity index is 517. The van der Waals surface area contributed by atoms with Gasteiger partial charge in [0.15, 0.2) is 0 Å². The van der Waals surface area contributed by atoms with Gasteiger partial charge in [0.1, 0.15) is 0 Å². The van der Waals surface area contributed by atoms with Gasteiger partial charge in [-0.25, -0.2) is 0 Å². The lowest BCUT2D eigenvalue weighted by Gasteiger charge is -2.27. The van der Waals surface area contributed by atoms with Crippen LogP contribution in [-0.4, -0.2) is 18.4 Å². The monoisotopic (exact) mass is 316 g/mol. The first-order chi connectivity index (χ1) is 11.1. The number of rotatable bonds is 6. The minimum atomic E-state index is 0.0515. The molecule has 0 saturated heterocycles. The van der Waals surface area contributed by atoms with Crippen molar-refractivity contribution in [3.05, 3.63) is 35.4 Å². The molecule has 126 valence electrons. The van der Waals surface area contributed by atoms with E-state index in [1.54, 1.807) is 0 Å². The topological polar surface area (TPSA) is 58.2 Å². The van der Waals surface area contributed by atoms with Crippen LogP contribution in [0.1, 0.15) is 50.2 Å². The Kier molecular flexibility index (Phi) is 6.63. The highest BCUT2D eigenvalue weighted by Crippen LogP contribution is 2.29. The molecule has 1 fully saturated rings. The first kappa shape index (κ1) is 17.5. The van der Waals surface area contributed by atoms with Crippen molar-refractivity contribution in [2.75, 3.05) is 6.54 Å². The van der Waals surface area contributed by atoms with Crippen molar-refractivity contribution in [1.82, 2.24) is 10.6 Å². The smallest absolute Gasteiger partial charge is 0.223 e. The van der Waals surface area contributed by atoms with Gasteiger partial charge in [-0.3, -0.25) is 9.59 Å². The van der Waals surface area contributed by atoms with E-state index >= 15 is 0 Å². The number of carbonyl (C=O) groups excluding carboxylic acids is 2. The standard InChI is InChI=1S/C19H28N2O2/c1-3-12-20-18(22)16-8-10-17(11-9-16)19(23)21-13-15-6-4-14(2)5-7-15/h4-7,16-17H,3,8-13H2,1-2H3,(H,20,22)(H,21,23). The van der Waals surface area contributed by atoms with Gasteiger partial charge in [0, 0.05) is 24.9 Å². The zero-order chi connectivity index (χ0) is 16.7. The minimum absolute atomic E-state index is 0.0515. The number of hydrogen-bond donors (Lipinski definition) is 2. The summed E-state index contributed by atoms with van der Waals surface area (Å²) in [7, 11) is 0. The predicted molar refractivity (Wildman–Crippen MR) is 91.8 cm³/mol. The Morgan fingerprint density at radius 1 is 0.957 bits per heavy atom. The molecule has 0 aliphatic heterocycles. The lowest BCUT2D eigenvalue weighted by molar-refractivity contribution is -0.130. The van der Waals surface area contributed by atoms with Gasteiger partial charge >= 0.3 is 0 Å². The molecule has 0 unspecified atom stereocenters. The van der Waals surface area contributed by atoms with Crippen LogP contribution < -0.4 is 10.6 Å². The largest absolute Gasteiger partial charge is 0.356 e. The van der Waals surface area contributed by atoms with Gasteiger partial charge in [-0.15, -0.1) is 0 Å². The second-order valence-corrected chi connectivity index (χ2v) is 6.54. The molecule has 1 aromatic rings. The van der Waals surface area contributed by atoms with Crippen molar-refractivity contribution in [2.24, 2.45) is 11.8 Å². The molecular formula is C19H28N2O2. The highest BCUT2D eigenvalue weighted by Gasteiger charge is 2.29. The Morgan fingerprint density at radius 2 is 1.48 bits per heavy atom. The maximum Gasteiger partial charge on any atom is 0.223 e. The molecule has 1 saturated carbocycles. The summed E-state index contributed by atoms with van der Waals surface area (Å²) >= 11 is 0. The van der Waals surface area contributed by atoms with Gasteiger partial charge < -0.3 is 10.6 Å². The zero-order valence-corrected chi connectivity index (χ0v) is 14.2. The number of benzene rings is 1. The van der Waals surface area contributed by atoms with Crippen LogP contribution in [0.15, 0.2) is 24.3 Å². The second-order valence-electron chi connectivity index (χ2n) is 6.54. The van der Waals surface area contributed by atoms with Gasteiger partial charge in [-0.2, -0.15) is 0 Å². The van der Waals surface area contributed by atoms with Crippen LogP contribution in [0, 0.1) is 18.8 Å². The molecule has 0 atom stereocenters. The molecule has 0 spiro atoms. The molecule has 0 bridgehead atoms. The van der Waals surface area contributed by atoms with E-state index in [-0.39, 0.29) is 23.7 Å². The third kappa shape index (κ3) is 5.38. The van der Waals surface area contributed by atoms with Crippen molar-refractivity contribution in [1.29, 1.82) is 0 Å². The normalized spacial score (nSPS) is 20.8. The predicted octanol–water partition coefficient (Wildman–Crippen LogP) is 2.94. The fourth-order valence-electron chi connectivity index (χ4n) is 3.05. The maximum absolute atomic E-state index is 12.3. The van der Waals surface area contributed by atoms with Crippen molar-refractivity contribution >= 4 is 11.8 Å². The van der Waals surface area contributed by atoms with Crippen molar-refractivity contribution in [2.45, 2.75) is 52.5 Å². The SMILES string of the molecule is CCCNC(=O)C1CCC(C(=O)NCc2ccc(C)cc2)CC1. The fraction of sp³-hybridized carbons (Fsp3) is 0.579. The highest BCUT2D eigenvalue weighted by molar-refractivity contribution is 5.81. The van der Waals surface area contributed by atoms with E-state index in [2.05, 4.69) is 36.6 Å². The maximum atomic E-state index is 12.3. The summed E-state index contributed by atoms with van der Waals surface area (Å²) in [6.45, 7) is 5.43. The van der Waals surface area contributed by atoms with Crippen LogP contribution >= 0.6 is 0 Å². The second kappa shape index (κ2) is 8.70. The van der Waals surface area contributed by atoms with Crippen LogP contribution in [0.25, 0.3) is 0 Å². The van der Waals surface area contributed by atoms with E-state index in [0.29, 0.717) is 6.54 Å². The lowest BCUT2D eigenvalue weighted by atomic mass is 9.81. The fourth-order valence-corrected chi connectivity index (χ4v) is 3.05. The van der Waals surface area contributed by atoms with E-state index in [1.165, 1.54) is 5.56 Å². The summed E-state index contributed by atoms with van der Waals surface area (Å²) in [6.07, 6.45) is 4.21. The summed E-state index contributed by atoms with van der Waals surface area (Å²) in [6, 6.07) is 8.21. The van der Waals surface area contributed by atoms with E-state index in [0.717, 1.165) is 44.2 Å². The van der Waals surface area contributed by atoms with Crippen LogP contribution in [-0.2, 0) is 16.1 Å².